The molecule has 0 spiro atoms. The summed E-state index contributed by atoms with van der Waals surface area (Å²) < 4.78 is 27.9. The fraction of sp³-hybridized carbons (Fsp3) is 0.300. The van der Waals surface area contributed by atoms with Crippen molar-refractivity contribution >= 4 is 44.3 Å². The van der Waals surface area contributed by atoms with E-state index < -0.39 is 10.0 Å². The van der Waals surface area contributed by atoms with E-state index in [9.17, 15) is 13.2 Å². The fourth-order valence-corrected chi connectivity index (χ4v) is 4.18. The number of hydrogen-bond acceptors (Lipinski definition) is 5. The number of rotatable bonds is 8. The number of hydrazine groups is 1. The van der Waals surface area contributed by atoms with E-state index in [1.54, 1.807) is 42.5 Å². The van der Waals surface area contributed by atoms with Crippen LogP contribution in [-0.2, 0) is 27.8 Å². The number of aromatic nitrogens is 2. The smallest absolute Gasteiger partial charge is 0.242 e. The third kappa shape index (κ3) is 4.75. The molecule has 1 heterocycles. The van der Waals surface area contributed by atoms with Gasteiger partial charge in [0.05, 0.1) is 21.6 Å². The van der Waals surface area contributed by atoms with Gasteiger partial charge in [0.2, 0.25) is 15.9 Å². The molecule has 2 aromatic carbocycles. The molecule has 0 atom stereocenters. The van der Waals surface area contributed by atoms with E-state index in [-0.39, 0.29) is 17.2 Å². The Morgan fingerprint density at radius 1 is 1.20 bits per heavy atom. The molecule has 0 saturated carbocycles. The molecule has 0 saturated heterocycles. The predicted molar refractivity (Wildman–Crippen MR) is 118 cm³/mol. The average molecular weight is 450 g/mol. The molecular formula is C20H24ClN5O3S. The number of nitrogens with zero attached hydrogens (tertiary/aromatic N) is 3. The van der Waals surface area contributed by atoms with Crippen LogP contribution < -0.4 is 10.9 Å². The van der Waals surface area contributed by atoms with Crippen molar-refractivity contribution in [2.24, 2.45) is 0 Å². The summed E-state index contributed by atoms with van der Waals surface area (Å²) in [6.45, 7) is 2.64. The third-order valence-electron chi connectivity index (χ3n) is 4.64. The summed E-state index contributed by atoms with van der Waals surface area (Å²) in [5, 5.41) is 0.571. The average Bonchev–Trinajstić information content (AvgIpc) is 3.07. The summed E-state index contributed by atoms with van der Waals surface area (Å²) in [6.07, 6.45) is 0.640. The van der Waals surface area contributed by atoms with E-state index >= 15 is 0 Å². The van der Waals surface area contributed by atoms with Crippen LogP contribution in [0.15, 0.2) is 47.4 Å². The van der Waals surface area contributed by atoms with Crippen LogP contribution in [0.3, 0.4) is 0 Å². The molecule has 0 aliphatic rings. The maximum absolute atomic E-state index is 12.4. The molecule has 0 aliphatic heterocycles. The standard InChI is InChI=1S/C20H24ClN5O3S/c1-4-26-18-9-8-16(30(28,29)25(2)3)13-17(18)22-19(26)10-11-20(27)24-23-15-7-5-6-14(21)12-15/h5-9,12-13,23H,4,10-11H2,1-3H3,(H,24,27). The number of imidazole rings is 1. The van der Waals surface area contributed by atoms with Crippen molar-refractivity contribution in [1.82, 2.24) is 19.3 Å². The van der Waals surface area contributed by atoms with Crippen LogP contribution in [-0.4, -0.2) is 42.3 Å². The Hall–Kier alpha value is -2.62. The van der Waals surface area contributed by atoms with E-state index in [1.165, 1.54) is 18.4 Å². The minimum atomic E-state index is -3.54. The SMILES string of the molecule is CCn1c(CCC(=O)NNc2cccc(Cl)c2)nc2cc(S(=O)(=O)N(C)C)ccc21. The second kappa shape index (κ2) is 9.03. The Morgan fingerprint density at radius 2 is 1.97 bits per heavy atom. The monoisotopic (exact) mass is 449 g/mol. The fourth-order valence-electron chi connectivity index (χ4n) is 3.07. The van der Waals surface area contributed by atoms with Gasteiger partial charge < -0.3 is 4.57 Å². The van der Waals surface area contributed by atoms with Crippen molar-refractivity contribution in [2.45, 2.75) is 31.2 Å². The van der Waals surface area contributed by atoms with Crippen molar-refractivity contribution in [1.29, 1.82) is 0 Å². The summed E-state index contributed by atoms with van der Waals surface area (Å²) in [5.74, 6) is 0.533. The molecule has 3 aromatic rings. The molecule has 0 unspecified atom stereocenters. The molecule has 3 rings (SSSR count). The van der Waals surface area contributed by atoms with Crippen molar-refractivity contribution in [3.8, 4) is 0 Å². The number of nitrogens with one attached hydrogen (secondary N) is 2. The first-order valence-corrected chi connectivity index (χ1v) is 11.3. The molecule has 2 N–H and O–H groups in total. The molecule has 160 valence electrons. The predicted octanol–water partition coefficient (Wildman–Crippen LogP) is 3.04. The van der Waals surface area contributed by atoms with Gasteiger partial charge in [0.1, 0.15) is 5.82 Å². The van der Waals surface area contributed by atoms with Gasteiger partial charge in [0, 0.05) is 38.5 Å². The number of hydrogen-bond donors (Lipinski definition) is 2. The number of fused-ring (bicyclic) bond motifs is 1. The minimum absolute atomic E-state index is 0.191. The Bertz CT molecular complexity index is 1170. The zero-order valence-electron chi connectivity index (χ0n) is 17.0. The Balaban J connectivity index is 1.73. The number of amides is 1. The lowest BCUT2D eigenvalue weighted by molar-refractivity contribution is -0.120. The van der Waals surface area contributed by atoms with Gasteiger partial charge in [-0.2, -0.15) is 0 Å². The Labute approximate surface area is 180 Å². The van der Waals surface area contributed by atoms with Gasteiger partial charge in [0.25, 0.3) is 0 Å². The highest BCUT2D eigenvalue weighted by molar-refractivity contribution is 7.89. The van der Waals surface area contributed by atoms with E-state index in [4.69, 9.17) is 11.6 Å². The number of carbonyl (C=O) groups is 1. The van der Waals surface area contributed by atoms with Crippen LogP contribution in [0.1, 0.15) is 19.2 Å². The normalized spacial score (nSPS) is 11.8. The highest BCUT2D eigenvalue weighted by Crippen LogP contribution is 2.23. The maximum atomic E-state index is 12.4. The highest BCUT2D eigenvalue weighted by Gasteiger charge is 2.19. The number of halogens is 1. The number of benzene rings is 2. The topological polar surface area (TPSA) is 96.3 Å². The van der Waals surface area contributed by atoms with Crippen molar-refractivity contribution in [3.05, 3.63) is 53.3 Å². The summed E-state index contributed by atoms with van der Waals surface area (Å²) in [5.41, 5.74) is 7.58. The summed E-state index contributed by atoms with van der Waals surface area (Å²) >= 11 is 5.93. The molecule has 30 heavy (non-hydrogen) atoms. The summed E-state index contributed by atoms with van der Waals surface area (Å²) in [4.78, 5) is 17.0. The van der Waals surface area contributed by atoms with Crippen LogP contribution in [0.4, 0.5) is 5.69 Å². The van der Waals surface area contributed by atoms with Gasteiger partial charge in [-0.1, -0.05) is 17.7 Å². The first-order chi connectivity index (χ1) is 14.2. The van der Waals surface area contributed by atoms with Gasteiger partial charge in [0.15, 0.2) is 0 Å². The highest BCUT2D eigenvalue weighted by atomic mass is 35.5. The molecule has 0 aliphatic carbocycles. The van der Waals surface area contributed by atoms with Gasteiger partial charge in [-0.25, -0.2) is 17.7 Å². The maximum Gasteiger partial charge on any atom is 0.242 e. The first kappa shape index (κ1) is 22.1. The molecule has 0 radical (unpaired) electrons. The number of carbonyl (C=O) groups excluding carboxylic acids is 1. The zero-order valence-corrected chi connectivity index (χ0v) is 18.6. The molecule has 8 nitrogen and oxygen atoms in total. The number of aryl methyl sites for hydroxylation is 2. The lowest BCUT2D eigenvalue weighted by Gasteiger charge is -2.11. The van der Waals surface area contributed by atoms with Gasteiger partial charge in [-0.15, -0.1) is 0 Å². The van der Waals surface area contributed by atoms with Crippen molar-refractivity contribution in [3.63, 3.8) is 0 Å². The zero-order chi connectivity index (χ0) is 21.9. The molecule has 1 amide bonds. The molecule has 0 bridgehead atoms. The van der Waals surface area contributed by atoms with Crippen LogP contribution in [0, 0.1) is 0 Å². The lowest BCUT2D eigenvalue weighted by Crippen LogP contribution is -2.29. The van der Waals surface area contributed by atoms with Crippen LogP contribution in [0.2, 0.25) is 5.02 Å². The lowest BCUT2D eigenvalue weighted by atomic mass is 10.3. The van der Waals surface area contributed by atoms with E-state index in [0.29, 0.717) is 29.2 Å². The van der Waals surface area contributed by atoms with E-state index in [1.807, 2.05) is 11.5 Å². The summed E-state index contributed by atoms with van der Waals surface area (Å²) in [7, 11) is -0.555. The molecule has 0 fully saturated rings. The van der Waals surface area contributed by atoms with Crippen LogP contribution >= 0.6 is 11.6 Å². The minimum Gasteiger partial charge on any atom is -0.328 e. The first-order valence-electron chi connectivity index (χ1n) is 9.44. The Kier molecular flexibility index (Phi) is 6.64. The van der Waals surface area contributed by atoms with Crippen LogP contribution in [0.25, 0.3) is 11.0 Å². The second-order valence-electron chi connectivity index (χ2n) is 6.89. The van der Waals surface area contributed by atoms with E-state index in [0.717, 1.165) is 11.3 Å². The van der Waals surface area contributed by atoms with Crippen molar-refractivity contribution in [2.75, 3.05) is 19.5 Å². The summed E-state index contributed by atoms with van der Waals surface area (Å²) in [6, 6.07) is 11.9. The van der Waals surface area contributed by atoms with Gasteiger partial charge in [-0.3, -0.25) is 15.6 Å². The molecular weight excluding hydrogens is 426 g/mol. The third-order valence-corrected chi connectivity index (χ3v) is 6.69. The number of anilines is 1. The largest absolute Gasteiger partial charge is 0.328 e. The second-order valence-corrected chi connectivity index (χ2v) is 9.48. The molecule has 1 aromatic heterocycles. The van der Waals surface area contributed by atoms with Crippen molar-refractivity contribution < 1.29 is 13.2 Å². The van der Waals surface area contributed by atoms with Gasteiger partial charge >= 0.3 is 0 Å². The Morgan fingerprint density at radius 3 is 2.63 bits per heavy atom. The number of sulfonamides is 1. The molecule has 10 heteroatoms. The van der Waals surface area contributed by atoms with Crippen LogP contribution in [0.5, 0.6) is 0 Å². The van der Waals surface area contributed by atoms with E-state index in [2.05, 4.69) is 15.8 Å². The quantitative estimate of drug-likeness (QED) is 0.515. The van der Waals surface area contributed by atoms with Gasteiger partial charge in [-0.05, 0) is 43.3 Å².